The van der Waals surface area contributed by atoms with Gasteiger partial charge in [0.2, 0.25) is 0 Å². The van der Waals surface area contributed by atoms with E-state index in [9.17, 15) is 15.2 Å². The lowest BCUT2D eigenvalue weighted by atomic mass is 10.1. The van der Waals surface area contributed by atoms with Crippen molar-refractivity contribution in [1.82, 2.24) is 0 Å². The highest BCUT2D eigenvalue weighted by atomic mass is 16.3. The summed E-state index contributed by atoms with van der Waals surface area (Å²) in [5.74, 6) is -0.355. The minimum atomic E-state index is -0.472. The maximum absolute atomic E-state index is 12.3. The van der Waals surface area contributed by atoms with Gasteiger partial charge < -0.3 is 15.3 Å². The standard InChI is InChI=1S/C19H17N3O2/c1-13-10-14-4-2-3-5-18(14)22(13)12-15(11-20)19(24)21-16-6-8-17(23)9-7-16/h2-9,12-13,23H,10H2,1H3,(H,21,24)/b15-12-. The second-order valence-corrected chi connectivity index (χ2v) is 5.74. The number of amides is 1. The molecule has 2 aromatic rings. The molecule has 0 spiro atoms. The fraction of sp³-hybridized carbons (Fsp3) is 0.158. The Kier molecular flexibility index (Phi) is 4.21. The summed E-state index contributed by atoms with van der Waals surface area (Å²) in [5.41, 5.74) is 2.79. The molecule has 0 radical (unpaired) electrons. The number of fused-ring (bicyclic) bond motifs is 1. The molecule has 24 heavy (non-hydrogen) atoms. The van der Waals surface area contributed by atoms with Crippen LogP contribution in [0.1, 0.15) is 12.5 Å². The fourth-order valence-electron chi connectivity index (χ4n) is 2.81. The molecule has 2 aromatic carbocycles. The third-order valence-electron chi connectivity index (χ3n) is 4.02. The number of hydrogen-bond donors (Lipinski definition) is 2. The van der Waals surface area contributed by atoms with E-state index in [-0.39, 0.29) is 17.4 Å². The van der Waals surface area contributed by atoms with E-state index in [0.29, 0.717) is 5.69 Å². The Labute approximate surface area is 140 Å². The maximum Gasteiger partial charge on any atom is 0.267 e. The second-order valence-electron chi connectivity index (χ2n) is 5.74. The Hall–Kier alpha value is -3.26. The van der Waals surface area contributed by atoms with E-state index in [1.165, 1.54) is 17.7 Å². The first-order valence-electron chi connectivity index (χ1n) is 7.67. The normalized spacial score (nSPS) is 16.4. The Morgan fingerprint density at radius 3 is 2.71 bits per heavy atom. The summed E-state index contributed by atoms with van der Waals surface area (Å²) < 4.78 is 0. The predicted molar refractivity (Wildman–Crippen MR) is 92.5 cm³/mol. The van der Waals surface area contributed by atoms with Crippen molar-refractivity contribution in [1.29, 1.82) is 5.26 Å². The molecule has 0 bridgehead atoms. The number of aromatic hydroxyl groups is 1. The van der Waals surface area contributed by atoms with Gasteiger partial charge in [-0.25, -0.2) is 0 Å². The minimum absolute atomic E-state index is 0.0339. The molecule has 5 heteroatoms. The largest absolute Gasteiger partial charge is 0.508 e. The van der Waals surface area contributed by atoms with Gasteiger partial charge in [-0.15, -0.1) is 0 Å². The van der Waals surface area contributed by atoms with Crippen LogP contribution in [0.4, 0.5) is 11.4 Å². The van der Waals surface area contributed by atoms with Crippen LogP contribution in [0, 0.1) is 11.3 Å². The number of nitrogens with zero attached hydrogens (tertiary/aromatic N) is 2. The minimum Gasteiger partial charge on any atom is -0.508 e. The van der Waals surface area contributed by atoms with E-state index >= 15 is 0 Å². The smallest absolute Gasteiger partial charge is 0.267 e. The van der Waals surface area contributed by atoms with Crippen LogP contribution >= 0.6 is 0 Å². The number of carbonyl (C=O) groups excluding carboxylic acids is 1. The number of nitrogens with one attached hydrogen (secondary N) is 1. The lowest BCUT2D eigenvalue weighted by molar-refractivity contribution is -0.112. The monoisotopic (exact) mass is 319 g/mol. The summed E-state index contributed by atoms with van der Waals surface area (Å²) in [4.78, 5) is 14.3. The Balaban J connectivity index is 1.83. The molecular formula is C19H17N3O2. The zero-order chi connectivity index (χ0) is 17.1. The topological polar surface area (TPSA) is 76.4 Å². The number of nitriles is 1. The molecule has 120 valence electrons. The lowest BCUT2D eigenvalue weighted by Crippen LogP contribution is -2.25. The quantitative estimate of drug-likeness (QED) is 0.517. The molecule has 0 aromatic heterocycles. The van der Waals surface area contributed by atoms with E-state index in [2.05, 4.69) is 18.3 Å². The maximum atomic E-state index is 12.3. The van der Waals surface area contributed by atoms with Crippen LogP contribution in [-0.4, -0.2) is 17.1 Å². The first-order valence-corrected chi connectivity index (χ1v) is 7.67. The van der Waals surface area contributed by atoms with Crippen molar-refractivity contribution in [3.05, 3.63) is 65.9 Å². The van der Waals surface area contributed by atoms with Crippen LogP contribution in [0.25, 0.3) is 0 Å². The van der Waals surface area contributed by atoms with Crippen molar-refractivity contribution in [2.24, 2.45) is 0 Å². The molecule has 0 saturated heterocycles. The average molecular weight is 319 g/mol. The van der Waals surface area contributed by atoms with Crippen LogP contribution in [-0.2, 0) is 11.2 Å². The van der Waals surface area contributed by atoms with Gasteiger partial charge in [0.15, 0.2) is 0 Å². The first kappa shape index (κ1) is 15.6. The molecule has 2 N–H and O–H groups in total. The third kappa shape index (κ3) is 3.08. The molecule has 1 heterocycles. The number of anilines is 2. The summed E-state index contributed by atoms with van der Waals surface area (Å²) in [6.07, 6.45) is 2.48. The molecule has 0 aliphatic carbocycles. The Morgan fingerprint density at radius 1 is 1.29 bits per heavy atom. The molecule has 1 aliphatic rings. The van der Waals surface area contributed by atoms with Gasteiger partial charge in [0.25, 0.3) is 5.91 Å². The van der Waals surface area contributed by atoms with Crippen molar-refractivity contribution in [2.75, 3.05) is 10.2 Å². The molecule has 5 nitrogen and oxygen atoms in total. The van der Waals surface area contributed by atoms with Crippen LogP contribution in [0.3, 0.4) is 0 Å². The Morgan fingerprint density at radius 2 is 2.00 bits per heavy atom. The molecule has 1 atom stereocenters. The molecule has 0 fully saturated rings. The SMILES string of the molecule is CC1Cc2ccccc2N1/C=C(/C#N)C(=O)Nc1ccc(O)cc1. The van der Waals surface area contributed by atoms with Gasteiger partial charge in [-0.1, -0.05) is 18.2 Å². The number of rotatable bonds is 3. The van der Waals surface area contributed by atoms with Gasteiger partial charge in [0.1, 0.15) is 17.4 Å². The van der Waals surface area contributed by atoms with Gasteiger partial charge in [-0.3, -0.25) is 4.79 Å². The number of phenolic OH excluding ortho intramolecular Hbond substituents is 1. The summed E-state index contributed by atoms with van der Waals surface area (Å²) >= 11 is 0. The van der Waals surface area contributed by atoms with Crippen molar-refractivity contribution in [2.45, 2.75) is 19.4 Å². The lowest BCUT2D eigenvalue weighted by Gasteiger charge is -2.20. The van der Waals surface area contributed by atoms with Gasteiger partial charge in [-0.05, 0) is 49.2 Å². The van der Waals surface area contributed by atoms with Crippen LogP contribution in [0.5, 0.6) is 5.75 Å². The van der Waals surface area contributed by atoms with E-state index in [1.807, 2.05) is 29.2 Å². The van der Waals surface area contributed by atoms with Crippen molar-refractivity contribution < 1.29 is 9.90 Å². The molecule has 1 unspecified atom stereocenters. The van der Waals surface area contributed by atoms with Crippen molar-refractivity contribution in [3.8, 4) is 11.8 Å². The van der Waals surface area contributed by atoms with Crippen LogP contribution in [0.15, 0.2) is 60.3 Å². The number of benzene rings is 2. The predicted octanol–water partition coefficient (Wildman–Crippen LogP) is 3.19. The summed E-state index contributed by atoms with van der Waals surface area (Å²) in [6.45, 7) is 2.06. The van der Waals surface area contributed by atoms with Gasteiger partial charge in [-0.2, -0.15) is 5.26 Å². The second kappa shape index (κ2) is 6.47. The van der Waals surface area contributed by atoms with Gasteiger partial charge >= 0.3 is 0 Å². The van der Waals surface area contributed by atoms with E-state index < -0.39 is 5.91 Å². The van der Waals surface area contributed by atoms with Crippen LogP contribution < -0.4 is 10.2 Å². The molecule has 1 amide bonds. The summed E-state index contributed by atoms with van der Waals surface area (Å²) in [7, 11) is 0. The molecular weight excluding hydrogens is 302 g/mol. The molecule has 0 saturated carbocycles. The van der Waals surface area contributed by atoms with Crippen molar-refractivity contribution in [3.63, 3.8) is 0 Å². The fourth-order valence-corrected chi connectivity index (χ4v) is 2.81. The Bertz CT molecular complexity index is 834. The number of carbonyl (C=O) groups is 1. The number of para-hydroxylation sites is 1. The first-order chi connectivity index (χ1) is 11.6. The highest BCUT2D eigenvalue weighted by Gasteiger charge is 2.25. The van der Waals surface area contributed by atoms with E-state index in [0.717, 1.165) is 12.1 Å². The summed E-state index contributed by atoms with van der Waals surface area (Å²) in [6, 6.07) is 16.2. The highest BCUT2D eigenvalue weighted by molar-refractivity contribution is 6.06. The van der Waals surface area contributed by atoms with E-state index in [4.69, 9.17) is 0 Å². The van der Waals surface area contributed by atoms with E-state index in [1.54, 1.807) is 18.3 Å². The third-order valence-corrected chi connectivity index (χ3v) is 4.02. The van der Waals surface area contributed by atoms with Gasteiger partial charge in [0.05, 0.1) is 0 Å². The summed E-state index contributed by atoms with van der Waals surface area (Å²) in [5, 5.41) is 21.3. The van der Waals surface area contributed by atoms with Crippen molar-refractivity contribution >= 4 is 17.3 Å². The van der Waals surface area contributed by atoms with Gasteiger partial charge in [0, 0.05) is 23.6 Å². The highest BCUT2D eigenvalue weighted by Crippen LogP contribution is 2.32. The zero-order valence-corrected chi connectivity index (χ0v) is 13.2. The molecule has 3 rings (SSSR count). The molecule has 1 aliphatic heterocycles. The average Bonchev–Trinajstić information content (AvgIpc) is 2.90. The van der Waals surface area contributed by atoms with Crippen LogP contribution in [0.2, 0.25) is 0 Å². The number of phenols is 1. The number of hydrogen-bond acceptors (Lipinski definition) is 4. The zero-order valence-electron chi connectivity index (χ0n) is 13.2.